The lowest BCUT2D eigenvalue weighted by Crippen LogP contribution is -2.11. The van der Waals surface area contributed by atoms with Gasteiger partial charge in [0.2, 0.25) is 10.0 Å². The molecule has 140 valence electrons. The van der Waals surface area contributed by atoms with E-state index in [0.717, 1.165) is 33.5 Å². The van der Waals surface area contributed by atoms with E-state index in [-0.39, 0.29) is 4.90 Å². The number of rotatable bonds is 6. The van der Waals surface area contributed by atoms with Gasteiger partial charge in [-0.05, 0) is 36.6 Å². The van der Waals surface area contributed by atoms with E-state index in [2.05, 4.69) is 26.4 Å². The normalized spacial score (nSPS) is 12.1. The standard InChI is InChI=1S/C17H16N4O2S4/c1-2-21-15-4-3-13(27(18,22)23)7-14(15)20-17(21)26-10-12-9-25-16(19-12)11-5-6-24-8-11/h3-9H,2,10H2,1H3,(H2,18,22,23). The minimum Gasteiger partial charge on any atom is -0.319 e. The smallest absolute Gasteiger partial charge is 0.238 e. The van der Waals surface area contributed by atoms with Crippen LogP contribution in [0.15, 0.2) is 50.5 Å². The van der Waals surface area contributed by atoms with Crippen molar-refractivity contribution >= 4 is 55.5 Å². The maximum atomic E-state index is 11.6. The van der Waals surface area contributed by atoms with Crippen molar-refractivity contribution in [3.8, 4) is 10.6 Å². The largest absolute Gasteiger partial charge is 0.319 e. The van der Waals surface area contributed by atoms with Crippen molar-refractivity contribution in [2.45, 2.75) is 29.3 Å². The van der Waals surface area contributed by atoms with E-state index in [1.165, 1.54) is 12.1 Å². The molecule has 0 radical (unpaired) electrons. The van der Waals surface area contributed by atoms with Gasteiger partial charge in [-0.25, -0.2) is 23.5 Å². The lowest BCUT2D eigenvalue weighted by Gasteiger charge is -2.05. The predicted octanol–water partition coefficient (Wildman–Crippen LogP) is 4.18. The number of imidazole rings is 1. The minimum atomic E-state index is -3.74. The number of thiazole rings is 1. The van der Waals surface area contributed by atoms with Gasteiger partial charge >= 0.3 is 0 Å². The Bertz CT molecular complexity index is 1190. The SMILES string of the molecule is CCn1c(SCc2csc(-c3ccsc3)n2)nc2cc(S(N)(=O)=O)ccc21. The van der Waals surface area contributed by atoms with Crippen LogP contribution in [-0.4, -0.2) is 23.0 Å². The summed E-state index contributed by atoms with van der Waals surface area (Å²) < 4.78 is 25.2. The molecule has 3 heterocycles. The molecule has 0 spiro atoms. The van der Waals surface area contributed by atoms with Crippen LogP contribution in [0.4, 0.5) is 0 Å². The maximum absolute atomic E-state index is 11.6. The van der Waals surface area contributed by atoms with Crippen LogP contribution in [0, 0.1) is 0 Å². The van der Waals surface area contributed by atoms with E-state index < -0.39 is 10.0 Å². The Kier molecular flexibility index (Phi) is 5.08. The van der Waals surface area contributed by atoms with E-state index in [1.54, 1.807) is 40.5 Å². The first-order valence-corrected chi connectivity index (χ1v) is 12.4. The number of thiophene rings is 1. The van der Waals surface area contributed by atoms with Gasteiger partial charge in [0.1, 0.15) is 5.01 Å². The summed E-state index contributed by atoms with van der Waals surface area (Å²) in [6, 6.07) is 6.87. The number of hydrogen-bond donors (Lipinski definition) is 1. The molecule has 0 saturated carbocycles. The molecule has 4 aromatic rings. The zero-order valence-corrected chi connectivity index (χ0v) is 17.6. The van der Waals surface area contributed by atoms with Gasteiger partial charge in [0.15, 0.2) is 5.16 Å². The van der Waals surface area contributed by atoms with Gasteiger partial charge in [-0.3, -0.25) is 0 Å². The number of fused-ring (bicyclic) bond motifs is 1. The molecule has 0 unspecified atom stereocenters. The molecule has 0 atom stereocenters. The summed E-state index contributed by atoms with van der Waals surface area (Å²) in [5.41, 5.74) is 3.68. The Morgan fingerprint density at radius 1 is 1.22 bits per heavy atom. The number of benzene rings is 1. The second-order valence-corrected chi connectivity index (χ2v) is 9.92. The number of aryl methyl sites for hydroxylation is 1. The lowest BCUT2D eigenvalue weighted by molar-refractivity contribution is 0.598. The summed E-state index contributed by atoms with van der Waals surface area (Å²) in [5.74, 6) is 0.700. The van der Waals surface area contributed by atoms with Crippen LogP contribution in [0.2, 0.25) is 0 Å². The zero-order chi connectivity index (χ0) is 19.0. The molecule has 0 bridgehead atoms. The minimum absolute atomic E-state index is 0.0761. The van der Waals surface area contributed by atoms with Crippen LogP contribution in [0.1, 0.15) is 12.6 Å². The molecule has 0 fully saturated rings. The van der Waals surface area contributed by atoms with Crippen LogP contribution in [0.3, 0.4) is 0 Å². The Balaban J connectivity index is 1.60. The molecule has 3 aromatic heterocycles. The van der Waals surface area contributed by atoms with Gasteiger partial charge in [-0.2, -0.15) is 11.3 Å². The molecule has 0 amide bonds. The highest BCUT2D eigenvalue weighted by Gasteiger charge is 2.15. The number of thioether (sulfide) groups is 1. The van der Waals surface area contributed by atoms with Crippen LogP contribution in [0.5, 0.6) is 0 Å². The predicted molar refractivity (Wildman–Crippen MR) is 112 cm³/mol. The third-order valence-corrected chi connectivity index (χ3v) is 7.54. The Morgan fingerprint density at radius 3 is 2.78 bits per heavy atom. The van der Waals surface area contributed by atoms with Crippen LogP contribution < -0.4 is 5.14 Å². The van der Waals surface area contributed by atoms with Crippen molar-refractivity contribution in [1.29, 1.82) is 0 Å². The first-order chi connectivity index (χ1) is 13.0. The number of aromatic nitrogens is 3. The van der Waals surface area contributed by atoms with Gasteiger partial charge in [0.05, 0.1) is 21.6 Å². The molecule has 27 heavy (non-hydrogen) atoms. The van der Waals surface area contributed by atoms with Gasteiger partial charge in [0, 0.05) is 28.6 Å². The van der Waals surface area contributed by atoms with E-state index in [4.69, 9.17) is 10.1 Å². The highest BCUT2D eigenvalue weighted by Crippen LogP contribution is 2.31. The van der Waals surface area contributed by atoms with Gasteiger partial charge in [-0.15, -0.1) is 11.3 Å². The van der Waals surface area contributed by atoms with Crippen LogP contribution >= 0.6 is 34.4 Å². The Morgan fingerprint density at radius 2 is 2.07 bits per heavy atom. The first kappa shape index (κ1) is 18.6. The number of sulfonamides is 1. The molecule has 6 nitrogen and oxygen atoms in total. The third-order valence-electron chi connectivity index (χ3n) is 4.00. The molecular weight excluding hydrogens is 420 g/mol. The highest BCUT2D eigenvalue weighted by molar-refractivity contribution is 7.98. The second-order valence-electron chi connectivity index (χ2n) is 5.78. The van der Waals surface area contributed by atoms with Gasteiger partial charge in [0.25, 0.3) is 0 Å². The third kappa shape index (κ3) is 3.81. The summed E-state index contributed by atoms with van der Waals surface area (Å²) in [5, 5.41) is 13.3. The Hall–Kier alpha value is -1.72. The molecular formula is C17H16N4O2S4. The van der Waals surface area contributed by atoms with Gasteiger partial charge < -0.3 is 4.57 Å². The van der Waals surface area contributed by atoms with E-state index >= 15 is 0 Å². The molecule has 4 rings (SSSR count). The summed E-state index contributed by atoms with van der Waals surface area (Å²) in [6.07, 6.45) is 0. The topological polar surface area (TPSA) is 90.9 Å². The van der Waals surface area contributed by atoms with Crippen molar-refractivity contribution < 1.29 is 8.42 Å². The quantitative estimate of drug-likeness (QED) is 0.458. The molecule has 0 saturated heterocycles. The summed E-state index contributed by atoms with van der Waals surface area (Å²) in [6.45, 7) is 2.78. The first-order valence-electron chi connectivity index (χ1n) is 8.08. The van der Waals surface area contributed by atoms with Crippen molar-refractivity contribution in [1.82, 2.24) is 14.5 Å². The molecule has 0 aliphatic carbocycles. The monoisotopic (exact) mass is 436 g/mol. The number of hydrogen-bond acceptors (Lipinski definition) is 7. The van der Waals surface area contributed by atoms with Crippen LogP contribution in [-0.2, 0) is 22.3 Å². The molecule has 0 aliphatic rings. The molecule has 1 aromatic carbocycles. The highest BCUT2D eigenvalue weighted by atomic mass is 32.2. The molecule has 10 heteroatoms. The van der Waals surface area contributed by atoms with Crippen molar-refractivity contribution in [3.05, 3.63) is 46.1 Å². The fourth-order valence-corrected chi connectivity index (χ4v) is 5.85. The fourth-order valence-electron chi connectivity index (χ4n) is 2.71. The van der Waals surface area contributed by atoms with E-state index in [0.29, 0.717) is 11.3 Å². The molecule has 2 N–H and O–H groups in total. The van der Waals surface area contributed by atoms with Gasteiger partial charge in [-0.1, -0.05) is 11.8 Å². The lowest BCUT2D eigenvalue weighted by atomic mass is 10.3. The maximum Gasteiger partial charge on any atom is 0.238 e. The average molecular weight is 437 g/mol. The summed E-state index contributed by atoms with van der Waals surface area (Å²) in [4.78, 5) is 9.38. The zero-order valence-electron chi connectivity index (χ0n) is 14.3. The van der Waals surface area contributed by atoms with Crippen molar-refractivity contribution in [2.75, 3.05) is 0 Å². The number of nitrogens with zero attached hydrogens (tertiary/aromatic N) is 3. The van der Waals surface area contributed by atoms with E-state index in [9.17, 15) is 8.42 Å². The Labute approximate surface area is 169 Å². The van der Waals surface area contributed by atoms with Crippen molar-refractivity contribution in [2.24, 2.45) is 5.14 Å². The summed E-state index contributed by atoms with van der Waals surface area (Å²) in [7, 11) is -3.74. The number of nitrogens with two attached hydrogens (primary N) is 1. The fraction of sp³-hybridized carbons (Fsp3) is 0.176. The molecule has 0 aliphatic heterocycles. The van der Waals surface area contributed by atoms with Crippen molar-refractivity contribution in [3.63, 3.8) is 0 Å². The average Bonchev–Trinajstić information content (AvgIpc) is 3.36. The number of primary sulfonamides is 1. The van der Waals surface area contributed by atoms with Crippen LogP contribution in [0.25, 0.3) is 21.6 Å². The second kappa shape index (κ2) is 7.36. The summed E-state index contributed by atoms with van der Waals surface area (Å²) >= 11 is 4.89. The van der Waals surface area contributed by atoms with E-state index in [1.807, 2.05) is 12.3 Å².